The number of esters is 1. The van der Waals surface area contributed by atoms with Crippen molar-refractivity contribution >= 4 is 5.97 Å². The van der Waals surface area contributed by atoms with Gasteiger partial charge in [0.2, 0.25) is 0 Å². The summed E-state index contributed by atoms with van der Waals surface area (Å²) >= 11 is 0. The minimum absolute atomic E-state index is 0.0142. The molecule has 1 N–H and O–H groups in total. The molecule has 0 radical (unpaired) electrons. The number of hydrogen-bond donors (Lipinski definition) is 1. The Morgan fingerprint density at radius 3 is 2.79 bits per heavy atom. The number of aliphatic hydroxyl groups excluding tert-OH is 1. The van der Waals surface area contributed by atoms with E-state index in [1.165, 1.54) is 6.92 Å². The first kappa shape index (κ1) is 9.93. The number of carbonyl (C=O) groups excluding carboxylic acids is 1. The molecule has 0 spiro atoms. The number of hydrogen-bond acceptors (Lipinski definition) is 4. The van der Waals surface area contributed by atoms with E-state index in [1.807, 2.05) is 7.05 Å². The van der Waals surface area contributed by atoms with Gasteiger partial charge in [-0.25, -0.2) is 0 Å². The highest BCUT2D eigenvalue weighted by atomic mass is 16.5. The van der Waals surface area contributed by atoms with E-state index in [-0.39, 0.29) is 24.2 Å². The van der Waals surface area contributed by atoms with Crippen molar-refractivity contribution in [1.29, 1.82) is 0 Å². The molecule has 2 heterocycles. The standard InChI is InChI=1S/C10H17NO3/c1-6(12)14-10-4-7-3-8(13)5-9(10)11(7)2/h7-10,13H,3-5H2,1-2H3/t7-,8+,9-,10-/m1/s1. The molecule has 0 unspecified atom stereocenters. The van der Waals surface area contributed by atoms with Crippen LogP contribution in [0.4, 0.5) is 0 Å². The summed E-state index contributed by atoms with van der Waals surface area (Å²) in [4.78, 5) is 13.1. The molecule has 4 heteroatoms. The van der Waals surface area contributed by atoms with E-state index in [0.717, 1.165) is 19.3 Å². The SMILES string of the molecule is CC(=O)O[C@@H]1C[C@H]2C[C@H](O)C[C@H]1N2C. The highest BCUT2D eigenvalue weighted by Gasteiger charge is 2.45. The van der Waals surface area contributed by atoms with Crippen molar-refractivity contribution in [3.8, 4) is 0 Å². The Morgan fingerprint density at radius 1 is 1.43 bits per heavy atom. The number of rotatable bonds is 1. The number of fused-ring (bicyclic) bond motifs is 2. The Labute approximate surface area is 83.8 Å². The van der Waals surface area contributed by atoms with E-state index in [4.69, 9.17) is 4.74 Å². The molecule has 2 aliphatic rings. The second-order valence-corrected chi connectivity index (χ2v) is 4.40. The lowest BCUT2D eigenvalue weighted by atomic mass is 10.0. The Kier molecular flexibility index (Phi) is 2.49. The molecule has 2 fully saturated rings. The van der Waals surface area contributed by atoms with Gasteiger partial charge >= 0.3 is 5.97 Å². The predicted octanol–water partition coefficient (Wildman–Crippen LogP) is 0.145. The summed E-state index contributed by atoms with van der Waals surface area (Å²) in [6.07, 6.45) is 2.18. The maximum atomic E-state index is 10.9. The van der Waals surface area contributed by atoms with Gasteiger partial charge in [0.05, 0.1) is 6.10 Å². The van der Waals surface area contributed by atoms with Crippen LogP contribution in [-0.4, -0.2) is 47.3 Å². The fourth-order valence-corrected chi connectivity index (χ4v) is 2.73. The highest BCUT2D eigenvalue weighted by Crippen LogP contribution is 2.36. The molecule has 0 aromatic heterocycles. The second-order valence-electron chi connectivity index (χ2n) is 4.40. The van der Waals surface area contributed by atoms with Gasteiger partial charge in [-0.05, 0) is 19.9 Å². The molecule has 0 saturated carbocycles. The normalized spacial score (nSPS) is 42.5. The van der Waals surface area contributed by atoms with Crippen LogP contribution in [0.15, 0.2) is 0 Å². The first-order valence-corrected chi connectivity index (χ1v) is 5.15. The largest absolute Gasteiger partial charge is 0.461 e. The second kappa shape index (κ2) is 3.51. The van der Waals surface area contributed by atoms with Gasteiger partial charge in [0.15, 0.2) is 0 Å². The van der Waals surface area contributed by atoms with Crippen LogP contribution in [0.1, 0.15) is 26.2 Å². The molecule has 4 atom stereocenters. The lowest BCUT2D eigenvalue weighted by Crippen LogP contribution is -2.44. The van der Waals surface area contributed by atoms with E-state index in [0.29, 0.717) is 6.04 Å². The minimum atomic E-state index is -0.221. The first-order chi connectivity index (χ1) is 6.58. The summed E-state index contributed by atoms with van der Waals surface area (Å²) in [5.74, 6) is -0.217. The van der Waals surface area contributed by atoms with Crippen LogP contribution in [0, 0.1) is 0 Å². The van der Waals surface area contributed by atoms with Gasteiger partial charge < -0.3 is 9.84 Å². The Balaban J connectivity index is 2.05. The van der Waals surface area contributed by atoms with Crippen molar-refractivity contribution in [2.24, 2.45) is 0 Å². The van der Waals surface area contributed by atoms with E-state index in [1.54, 1.807) is 0 Å². The van der Waals surface area contributed by atoms with E-state index in [9.17, 15) is 9.90 Å². The molecule has 0 aromatic rings. The Bertz CT molecular complexity index is 244. The molecule has 2 aliphatic heterocycles. The molecule has 2 rings (SSSR count). The van der Waals surface area contributed by atoms with Crippen molar-refractivity contribution in [1.82, 2.24) is 4.90 Å². The van der Waals surface area contributed by atoms with Crippen molar-refractivity contribution in [3.05, 3.63) is 0 Å². The maximum absolute atomic E-state index is 10.9. The van der Waals surface area contributed by atoms with Crippen LogP contribution >= 0.6 is 0 Å². The molecular weight excluding hydrogens is 182 g/mol. The van der Waals surface area contributed by atoms with Crippen LogP contribution in [-0.2, 0) is 9.53 Å². The summed E-state index contributed by atoms with van der Waals surface area (Å²) in [5, 5.41) is 9.59. The van der Waals surface area contributed by atoms with E-state index in [2.05, 4.69) is 4.90 Å². The number of ether oxygens (including phenoxy) is 1. The smallest absolute Gasteiger partial charge is 0.302 e. The number of likely N-dealkylation sites (N-methyl/N-ethyl adjacent to an activating group) is 1. The lowest BCUT2D eigenvalue weighted by Gasteiger charge is -2.34. The Hall–Kier alpha value is -0.610. The van der Waals surface area contributed by atoms with Gasteiger partial charge in [-0.15, -0.1) is 0 Å². The lowest BCUT2D eigenvalue weighted by molar-refractivity contribution is -0.147. The van der Waals surface area contributed by atoms with Crippen LogP contribution in [0.2, 0.25) is 0 Å². The summed E-state index contributed by atoms with van der Waals surface area (Å²) in [6, 6.07) is 0.598. The number of nitrogens with zero attached hydrogens (tertiary/aromatic N) is 1. The average Bonchev–Trinajstić information content (AvgIpc) is 2.30. The summed E-state index contributed by atoms with van der Waals surface area (Å²) in [7, 11) is 2.05. The summed E-state index contributed by atoms with van der Waals surface area (Å²) < 4.78 is 5.25. The number of carbonyl (C=O) groups is 1. The quantitative estimate of drug-likeness (QED) is 0.610. The summed E-state index contributed by atoms with van der Waals surface area (Å²) in [5.41, 5.74) is 0. The first-order valence-electron chi connectivity index (χ1n) is 5.15. The van der Waals surface area contributed by atoms with Crippen LogP contribution in [0.25, 0.3) is 0 Å². The Morgan fingerprint density at radius 2 is 2.14 bits per heavy atom. The number of aliphatic hydroxyl groups is 1. The van der Waals surface area contributed by atoms with Gasteiger partial charge in [-0.3, -0.25) is 9.69 Å². The van der Waals surface area contributed by atoms with Gasteiger partial charge in [0.25, 0.3) is 0 Å². The van der Waals surface area contributed by atoms with Crippen LogP contribution in [0.3, 0.4) is 0 Å². The van der Waals surface area contributed by atoms with Crippen LogP contribution < -0.4 is 0 Å². The molecule has 0 aromatic carbocycles. The zero-order valence-corrected chi connectivity index (χ0v) is 8.64. The van der Waals surface area contributed by atoms with E-state index < -0.39 is 0 Å². The zero-order chi connectivity index (χ0) is 10.3. The topological polar surface area (TPSA) is 49.8 Å². The minimum Gasteiger partial charge on any atom is -0.461 e. The molecule has 4 nitrogen and oxygen atoms in total. The van der Waals surface area contributed by atoms with Gasteiger partial charge in [-0.1, -0.05) is 0 Å². The third-order valence-electron chi connectivity index (χ3n) is 3.41. The third kappa shape index (κ3) is 1.64. The van der Waals surface area contributed by atoms with Crippen molar-refractivity contribution in [2.45, 2.75) is 50.5 Å². The fourth-order valence-electron chi connectivity index (χ4n) is 2.73. The van der Waals surface area contributed by atoms with Gasteiger partial charge in [-0.2, -0.15) is 0 Å². The molecule has 2 saturated heterocycles. The summed E-state index contributed by atoms with van der Waals surface area (Å²) in [6.45, 7) is 1.44. The monoisotopic (exact) mass is 199 g/mol. The fraction of sp³-hybridized carbons (Fsp3) is 0.900. The van der Waals surface area contributed by atoms with Crippen LogP contribution in [0.5, 0.6) is 0 Å². The van der Waals surface area contributed by atoms with Gasteiger partial charge in [0, 0.05) is 25.4 Å². The molecular formula is C10H17NO3. The number of piperidine rings is 1. The van der Waals surface area contributed by atoms with E-state index >= 15 is 0 Å². The zero-order valence-electron chi connectivity index (χ0n) is 8.64. The third-order valence-corrected chi connectivity index (χ3v) is 3.41. The average molecular weight is 199 g/mol. The highest BCUT2D eigenvalue weighted by molar-refractivity contribution is 5.66. The maximum Gasteiger partial charge on any atom is 0.302 e. The van der Waals surface area contributed by atoms with Gasteiger partial charge in [0.1, 0.15) is 6.10 Å². The predicted molar refractivity (Wildman–Crippen MR) is 50.8 cm³/mol. The van der Waals surface area contributed by atoms with Crippen molar-refractivity contribution in [2.75, 3.05) is 7.05 Å². The molecule has 80 valence electrons. The molecule has 0 aliphatic carbocycles. The van der Waals surface area contributed by atoms with Crippen molar-refractivity contribution < 1.29 is 14.6 Å². The molecule has 2 bridgehead atoms. The van der Waals surface area contributed by atoms with Crippen molar-refractivity contribution in [3.63, 3.8) is 0 Å². The molecule has 0 amide bonds. The molecule has 14 heavy (non-hydrogen) atoms.